The highest BCUT2D eigenvalue weighted by molar-refractivity contribution is 7.17. The van der Waals surface area contributed by atoms with Crippen molar-refractivity contribution in [3.8, 4) is 11.1 Å². The second kappa shape index (κ2) is 7.27. The van der Waals surface area contributed by atoms with Crippen molar-refractivity contribution in [3.05, 3.63) is 51.6 Å². The Balaban J connectivity index is 2.19. The van der Waals surface area contributed by atoms with E-state index in [2.05, 4.69) is 4.98 Å². The van der Waals surface area contributed by atoms with Crippen molar-refractivity contribution in [2.45, 2.75) is 39.7 Å². The summed E-state index contributed by atoms with van der Waals surface area (Å²) in [6, 6.07) is 6.09. The summed E-state index contributed by atoms with van der Waals surface area (Å²) in [5.74, 6) is 0.442. The fourth-order valence-corrected chi connectivity index (χ4v) is 3.78. The largest absolute Gasteiger partial charge is 0.300 e. The third kappa shape index (κ3) is 3.54. The van der Waals surface area contributed by atoms with Crippen LogP contribution in [-0.2, 0) is 17.8 Å². The zero-order chi connectivity index (χ0) is 18.0. The van der Waals surface area contributed by atoms with Crippen LogP contribution in [0.1, 0.15) is 32.5 Å². The minimum absolute atomic E-state index is 0.0403. The fraction of sp³-hybridized carbons (Fsp3) is 0.316. The lowest BCUT2D eigenvalue weighted by atomic mass is 10.1. The molecule has 0 saturated carbocycles. The van der Waals surface area contributed by atoms with Crippen molar-refractivity contribution in [2.24, 2.45) is 0 Å². The first kappa shape index (κ1) is 17.5. The van der Waals surface area contributed by atoms with Crippen LogP contribution >= 0.6 is 11.3 Å². The van der Waals surface area contributed by atoms with Crippen molar-refractivity contribution >= 4 is 27.3 Å². The number of fused-ring (bicyclic) bond motifs is 1. The highest BCUT2D eigenvalue weighted by Gasteiger charge is 2.17. The molecule has 3 rings (SSSR count). The van der Waals surface area contributed by atoms with Gasteiger partial charge in [-0.1, -0.05) is 19.1 Å². The summed E-state index contributed by atoms with van der Waals surface area (Å²) in [6.07, 6.45) is 1.86. The molecule has 3 aromatic rings. The topological polar surface area (TPSA) is 52.0 Å². The molecule has 0 fully saturated rings. The van der Waals surface area contributed by atoms with Gasteiger partial charge in [0.05, 0.1) is 5.39 Å². The number of carbonyl (C=O) groups is 1. The quantitative estimate of drug-likeness (QED) is 0.664. The van der Waals surface area contributed by atoms with Gasteiger partial charge in [-0.05, 0) is 31.0 Å². The summed E-state index contributed by atoms with van der Waals surface area (Å²) in [6.45, 7) is 3.89. The van der Waals surface area contributed by atoms with Crippen molar-refractivity contribution in [3.63, 3.8) is 0 Å². The number of Topliss-reactive ketones (excluding diaryl/α,β-unsaturated/α-hetero) is 1. The van der Waals surface area contributed by atoms with E-state index in [1.54, 1.807) is 16.7 Å². The van der Waals surface area contributed by atoms with Crippen LogP contribution in [-0.4, -0.2) is 15.3 Å². The van der Waals surface area contributed by atoms with E-state index in [-0.39, 0.29) is 17.2 Å². The third-order valence-corrected chi connectivity index (χ3v) is 4.96. The summed E-state index contributed by atoms with van der Waals surface area (Å²) in [4.78, 5) is 29.8. The van der Waals surface area contributed by atoms with Crippen LogP contribution in [0.4, 0.5) is 4.39 Å². The van der Waals surface area contributed by atoms with Gasteiger partial charge in [-0.2, -0.15) is 0 Å². The molecule has 2 heterocycles. The van der Waals surface area contributed by atoms with Crippen molar-refractivity contribution in [1.82, 2.24) is 9.55 Å². The van der Waals surface area contributed by atoms with E-state index < -0.39 is 0 Å². The molecule has 2 aromatic heterocycles. The molecule has 4 nitrogen and oxygen atoms in total. The van der Waals surface area contributed by atoms with E-state index in [1.165, 1.54) is 30.4 Å². The van der Waals surface area contributed by atoms with Crippen LogP contribution in [0.25, 0.3) is 21.3 Å². The number of carbonyl (C=O) groups excluding carboxylic acids is 1. The second-order valence-corrected chi connectivity index (χ2v) is 6.88. The van der Waals surface area contributed by atoms with Gasteiger partial charge in [0.1, 0.15) is 22.3 Å². The number of hydrogen-bond acceptors (Lipinski definition) is 4. The van der Waals surface area contributed by atoms with E-state index in [0.717, 1.165) is 17.5 Å². The zero-order valence-corrected chi connectivity index (χ0v) is 15.0. The maximum Gasteiger partial charge on any atom is 0.262 e. The normalized spacial score (nSPS) is 11.2. The Kier molecular flexibility index (Phi) is 5.08. The number of benzene rings is 1. The molecule has 25 heavy (non-hydrogen) atoms. The van der Waals surface area contributed by atoms with Crippen molar-refractivity contribution in [2.75, 3.05) is 0 Å². The van der Waals surface area contributed by atoms with Crippen LogP contribution in [0.5, 0.6) is 0 Å². The number of hydrogen-bond donors (Lipinski definition) is 0. The Hall–Kier alpha value is -2.34. The number of rotatable bonds is 6. The molecule has 0 unspecified atom stereocenters. The molecule has 0 amide bonds. The summed E-state index contributed by atoms with van der Waals surface area (Å²) < 4.78 is 14.8. The zero-order valence-electron chi connectivity index (χ0n) is 14.2. The Labute approximate surface area is 149 Å². The molecular weight excluding hydrogens is 339 g/mol. The number of nitrogens with zero attached hydrogens (tertiary/aromatic N) is 2. The monoisotopic (exact) mass is 358 g/mol. The standard InChI is InChI=1S/C19H19FN2O2S/c1-3-4-16-21-18-17(19(24)22(16)10-9-12(2)23)15(11-25-18)13-5-7-14(20)8-6-13/h5-8,11H,3-4,9-10H2,1-2H3. The van der Waals surface area contributed by atoms with E-state index in [1.807, 2.05) is 12.3 Å². The number of halogens is 1. The lowest BCUT2D eigenvalue weighted by molar-refractivity contribution is -0.117. The SMILES string of the molecule is CCCc1nc2scc(-c3ccc(F)cc3)c2c(=O)n1CCC(C)=O. The molecule has 6 heteroatoms. The van der Waals surface area contributed by atoms with E-state index >= 15 is 0 Å². The lowest BCUT2D eigenvalue weighted by Gasteiger charge is -2.11. The molecule has 130 valence electrons. The van der Waals surface area contributed by atoms with Gasteiger partial charge in [0, 0.05) is 30.3 Å². The summed E-state index contributed by atoms with van der Waals surface area (Å²) in [5.41, 5.74) is 1.42. The summed E-state index contributed by atoms with van der Waals surface area (Å²) in [7, 11) is 0. The summed E-state index contributed by atoms with van der Waals surface area (Å²) >= 11 is 1.42. The van der Waals surface area contributed by atoms with Gasteiger partial charge < -0.3 is 0 Å². The first-order chi connectivity index (χ1) is 12.0. The van der Waals surface area contributed by atoms with Crippen molar-refractivity contribution in [1.29, 1.82) is 0 Å². The fourth-order valence-electron chi connectivity index (χ4n) is 2.82. The van der Waals surface area contributed by atoms with Gasteiger partial charge in [-0.3, -0.25) is 14.2 Å². The van der Waals surface area contributed by atoms with Crippen LogP contribution < -0.4 is 5.56 Å². The van der Waals surface area contributed by atoms with Gasteiger partial charge in [0.15, 0.2) is 0 Å². The van der Waals surface area contributed by atoms with Gasteiger partial charge in [0.2, 0.25) is 0 Å². The Bertz CT molecular complexity index is 973. The molecule has 0 aliphatic heterocycles. The van der Waals surface area contributed by atoms with E-state index in [9.17, 15) is 14.0 Å². The second-order valence-electron chi connectivity index (χ2n) is 6.02. The van der Waals surface area contributed by atoms with Gasteiger partial charge >= 0.3 is 0 Å². The lowest BCUT2D eigenvalue weighted by Crippen LogP contribution is -2.26. The van der Waals surface area contributed by atoms with E-state index in [4.69, 9.17) is 0 Å². The maximum absolute atomic E-state index is 13.2. The molecular formula is C19H19FN2O2S. The molecule has 0 aliphatic carbocycles. The number of ketones is 1. The van der Waals surface area contributed by atoms with Crippen LogP contribution in [0, 0.1) is 5.82 Å². The molecule has 0 spiro atoms. The smallest absolute Gasteiger partial charge is 0.262 e. The van der Waals surface area contributed by atoms with Gasteiger partial charge in [0.25, 0.3) is 5.56 Å². The molecule has 0 atom stereocenters. The van der Waals surface area contributed by atoms with Crippen LogP contribution in [0.15, 0.2) is 34.4 Å². The molecule has 0 N–H and O–H groups in total. The first-order valence-electron chi connectivity index (χ1n) is 8.27. The number of thiophene rings is 1. The van der Waals surface area contributed by atoms with Crippen molar-refractivity contribution < 1.29 is 9.18 Å². The predicted molar refractivity (Wildman–Crippen MR) is 98.6 cm³/mol. The Morgan fingerprint density at radius 1 is 1.28 bits per heavy atom. The highest BCUT2D eigenvalue weighted by atomic mass is 32.1. The molecule has 1 aromatic carbocycles. The average molecular weight is 358 g/mol. The minimum atomic E-state index is -0.314. The van der Waals surface area contributed by atoms with E-state index in [0.29, 0.717) is 35.4 Å². The Morgan fingerprint density at radius 2 is 2.00 bits per heavy atom. The van der Waals surface area contributed by atoms with Crippen LogP contribution in [0.2, 0.25) is 0 Å². The summed E-state index contributed by atoms with van der Waals surface area (Å²) in [5, 5.41) is 2.43. The molecule has 0 radical (unpaired) electrons. The average Bonchev–Trinajstić information content (AvgIpc) is 2.99. The Morgan fingerprint density at radius 3 is 2.64 bits per heavy atom. The molecule has 0 aliphatic rings. The predicted octanol–water partition coefficient (Wildman–Crippen LogP) is 4.20. The maximum atomic E-state index is 13.2. The number of aromatic nitrogens is 2. The van der Waals surface area contributed by atoms with Crippen LogP contribution in [0.3, 0.4) is 0 Å². The van der Waals surface area contributed by atoms with Gasteiger partial charge in [-0.25, -0.2) is 9.37 Å². The molecule has 0 bridgehead atoms. The third-order valence-electron chi connectivity index (χ3n) is 4.09. The first-order valence-corrected chi connectivity index (χ1v) is 9.15. The van der Waals surface area contributed by atoms with Gasteiger partial charge in [-0.15, -0.1) is 11.3 Å². The number of aryl methyl sites for hydroxylation is 1. The minimum Gasteiger partial charge on any atom is -0.300 e. The highest BCUT2D eigenvalue weighted by Crippen LogP contribution is 2.31. The molecule has 0 saturated heterocycles.